The molecule has 2 aliphatic rings. The maximum absolute atomic E-state index is 13.3. The summed E-state index contributed by atoms with van der Waals surface area (Å²) in [5.74, 6) is 1.02. The summed E-state index contributed by atoms with van der Waals surface area (Å²) in [6.07, 6.45) is 1.73. The first kappa shape index (κ1) is 21.3. The van der Waals surface area contributed by atoms with Crippen LogP contribution in [-0.4, -0.2) is 61.4 Å². The second-order valence-corrected chi connectivity index (χ2v) is 8.44. The quantitative estimate of drug-likeness (QED) is 0.628. The average Bonchev–Trinajstić information content (AvgIpc) is 2.82. The summed E-state index contributed by atoms with van der Waals surface area (Å²) in [7, 11) is 1.51. The van der Waals surface area contributed by atoms with Gasteiger partial charge in [-0.2, -0.15) is 4.98 Å². The molecule has 2 aromatic carbocycles. The van der Waals surface area contributed by atoms with E-state index in [1.807, 2.05) is 12.1 Å². The van der Waals surface area contributed by atoms with Gasteiger partial charge in [-0.15, -0.1) is 0 Å². The lowest BCUT2D eigenvalue weighted by Gasteiger charge is -2.38. The number of carbonyl (C=O) groups excluding carboxylic acids is 1. The van der Waals surface area contributed by atoms with Crippen molar-refractivity contribution in [1.29, 1.82) is 0 Å². The molecule has 1 saturated heterocycles. The molecule has 0 unspecified atom stereocenters. The van der Waals surface area contributed by atoms with E-state index in [4.69, 9.17) is 14.2 Å². The Hall–Kier alpha value is -3.59. The molecule has 3 aromatic rings. The SMILES string of the molecule is COc1ncc2c(N3C[C@H](C)N[C@@H](C)C3)ccc(C(=O)Nc3ccc4c(c3)OCCO4)c2n1. The molecule has 9 heteroatoms. The van der Waals surface area contributed by atoms with Crippen molar-refractivity contribution in [2.24, 2.45) is 0 Å². The lowest BCUT2D eigenvalue weighted by molar-refractivity contribution is 0.102. The molecule has 2 atom stereocenters. The van der Waals surface area contributed by atoms with Gasteiger partial charge in [0.1, 0.15) is 13.2 Å². The van der Waals surface area contributed by atoms with Gasteiger partial charge in [0.15, 0.2) is 11.5 Å². The van der Waals surface area contributed by atoms with Crippen molar-refractivity contribution in [3.05, 3.63) is 42.1 Å². The summed E-state index contributed by atoms with van der Waals surface area (Å²) >= 11 is 0. The number of carbonyl (C=O) groups is 1. The van der Waals surface area contributed by atoms with Crippen LogP contribution in [0.15, 0.2) is 36.5 Å². The van der Waals surface area contributed by atoms with Gasteiger partial charge in [0.25, 0.3) is 5.91 Å². The molecule has 1 amide bonds. The van der Waals surface area contributed by atoms with Gasteiger partial charge in [0, 0.05) is 54.2 Å². The van der Waals surface area contributed by atoms with Crippen LogP contribution in [0, 0.1) is 0 Å². The molecule has 172 valence electrons. The number of ether oxygens (including phenoxy) is 3. The second kappa shape index (κ2) is 8.74. The zero-order valence-corrected chi connectivity index (χ0v) is 18.9. The third-order valence-corrected chi connectivity index (χ3v) is 5.83. The highest BCUT2D eigenvalue weighted by atomic mass is 16.6. The molecule has 0 bridgehead atoms. The molecule has 33 heavy (non-hydrogen) atoms. The van der Waals surface area contributed by atoms with Crippen LogP contribution in [0.2, 0.25) is 0 Å². The fourth-order valence-corrected chi connectivity index (χ4v) is 4.49. The van der Waals surface area contributed by atoms with Crippen molar-refractivity contribution >= 4 is 28.2 Å². The van der Waals surface area contributed by atoms with E-state index in [0.717, 1.165) is 24.2 Å². The zero-order chi connectivity index (χ0) is 22.9. The number of aromatic nitrogens is 2. The number of nitrogens with one attached hydrogen (secondary N) is 2. The van der Waals surface area contributed by atoms with Crippen molar-refractivity contribution < 1.29 is 19.0 Å². The Labute approximate surface area is 192 Å². The number of methoxy groups -OCH3 is 1. The fraction of sp³-hybridized carbons (Fsp3) is 0.375. The van der Waals surface area contributed by atoms with Gasteiger partial charge >= 0.3 is 6.01 Å². The molecule has 1 fully saturated rings. The molecule has 1 aromatic heterocycles. The minimum absolute atomic E-state index is 0.218. The number of hydrogen-bond donors (Lipinski definition) is 2. The van der Waals surface area contributed by atoms with Crippen LogP contribution >= 0.6 is 0 Å². The standard InChI is InChI=1S/C24H27N5O4/c1-14-12-29(13-15(2)26-14)19-6-5-17(22-18(19)11-25-24(28-22)31-3)23(30)27-16-4-7-20-21(10-16)33-9-8-32-20/h4-7,10-11,14-15,26H,8-9,12-13H2,1-3H3,(H,27,30)/t14-,15-/m0/s1. The molecule has 2 aliphatic heterocycles. The predicted octanol–water partition coefficient (Wildman–Crippen LogP) is 2.85. The van der Waals surface area contributed by atoms with Gasteiger partial charge in [-0.3, -0.25) is 4.79 Å². The summed E-state index contributed by atoms with van der Waals surface area (Å²) in [6, 6.07) is 10.1. The lowest BCUT2D eigenvalue weighted by atomic mass is 10.0. The summed E-state index contributed by atoms with van der Waals surface area (Å²) in [6.45, 7) is 7.04. The van der Waals surface area contributed by atoms with Gasteiger partial charge in [-0.1, -0.05) is 0 Å². The maximum atomic E-state index is 13.3. The molecule has 0 saturated carbocycles. The Bertz CT molecular complexity index is 1190. The third kappa shape index (κ3) is 4.23. The summed E-state index contributed by atoms with van der Waals surface area (Å²) in [5.41, 5.74) is 2.62. The van der Waals surface area contributed by atoms with Crippen molar-refractivity contribution in [2.45, 2.75) is 25.9 Å². The Morgan fingerprint density at radius 3 is 2.64 bits per heavy atom. The van der Waals surface area contributed by atoms with Gasteiger partial charge < -0.3 is 29.7 Å². The average molecular weight is 450 g/mol. The highest BCUT2D eigenvalue weighted by Crippen LogP contribution is 2.34. The summed E-state index contributed by atoms with van der Waals surface area (Å²) < 4.78 is 16.4. The highest BCUT2D eigenvalue weighted by Gasteiger charge is 2.25. The molecule has 2 N–H and O–H groups in total. The first-order valence-corrected chi connectivity index (χ1v) is 11.1. The molecular weight excluding hydrogens is 422 g/mol. The van der Waals surface area contributed by atoms with E-state index in [-0.39, 0.29) is 11.9 Å². The first-order chi connectivity index (χ1) is 16.0. The molecule has 9 nitrogen and oxygen atoms in total. The number of benzene rings is 2. The van der Waals surface area contributed by atoms with Crippen LogP contribution in [0.3, 0.4) is 0 Å². The van der Waals surface area contributed by atoms with Gasteiger partial charge in [0.2, 0.25) is 0 Å². The number of hydrogen-bond acceptors (Lipinski definition) is 8. The fourth-order valence-electron chi connectivity index (χ4n) is 4.49. The van der Waals surface area contributed by atoms with Gasteiger partial charge in [0.05, 0.1) is 18.2 Å². The predicted molar refractivity (Wildman–Crippen MR) is 126 cm³/mol. The van der Waals surface area contributed by atoms with Crippen molar-refractivity contribution in [1.82, 2.24) is 15.3 Å². The Balaban J connectivity index is 1.50. The van der Waals surface area contributed by atoms with Crippen molar-refractivity contribution in [3.8, 4) is 17.5 Å². The minimum Gasteiger partial charge on any atom is -0.486 e. The summed E-state index contributed by atoms with van der Waals surface area (Å²) in [5, 5.41) is 7.31. The van der Waals surface area contributed by atoms with E-state index in [1.165, 1.54) is 7.11 Å². The van der Waals surface area contributed by atoms with Crippen LogP contribution in [0.5, 0.6) is 17.5 Å². The minimum atomic E-state index is -0.272. The van der Waals surface area contributed by atoms with Crippen LogP contribution in [0.25, 0.3) is 10.9 Å². The number of piperazine rings is 1. The van der Waals surface area contributed by atoms with E-state index in [2.05, 4.69) is 39.3 Å². The Morgan fingerprint density at radius 1 is 1.12 bits per heavy atom. The van der Waals surface area contributed by atoms with Crippen LogP contribution in [0.4, 0.5) is 11.4 Å². The number of anilines is 2. The van der Waals surface area contributed by atoms with Crippen LogP contribution < -0.4 is 29.7 Å². The largest absolute Gasteiger partial charge is 0.486 e. The molecule has 0 spiro atoms. The molecule has 0 aliphatic carbocycles. The Kier molecular flexibility index (Phi) is 5.63. The Morgan fingerprint density at radius 2 is 1.88 bits per heavy atom. The number of nitrogens with zero attached hydrogens (tertiary/aromatic N) is 3. The van der Waals surface area contributed by atoms with Gasteiger partial charge in [-0.25, -0.2) is 4.98 Å². The van der Waals surface area contributed by atoms with E-state index < -0.39 is 0 Å². The zero-order valence-electron chi connectivity index (χ0n) is 18.9. The normalized spacial score (nSPS) is 19.9. The number of fused-ring (bicyclic) bond motifs is 2. The topological polar surface area (TPSA) is 97.8 Å². The molecule has 0 radical (unpaired) electrons. The van der Waals surface area contributed by atoms with E-state index in [9.17, 15) is 4.79 Å². The third-order valence-electron chi connectivity index (χ3n) is 5.83. The second-order valence-electron chi connectivity index (χ2n) is 8.44. The van der Waals surface area contributed by atoms with E-state index >= 15 is 0 Å². The van der Waals surface area contributed by atoms with E-state index in [0.29, 0.717) is 53.6 Å². The summed E-state index contributed by atoms with van der Waals surface area (Å²) in [4.78, 5) is 24.4. The number of rotatable bonds is 4. The number of amides is 1. The van der Waals surface area contributed by atoms with Crippen molar-refractivity contribution in [2.75, 3.05) is 43.6 Å². The highest BCUT2D eigenvalue weighted by molar-refractivity contribution is 6.14. The van der Waals surface area contributed by atoms with Crippen LogP contribution in [0.1, 0.15) is 24.2 Å². The molecule has 3 heterocycles. The maximum Gasteiger partial charge on any atom is 0.316 e. The smallest absolute Gasteiger partial charge is 0.316 e. The lowest BCUT2D eigenvalue weighted by Crippen LogP contribution is -2.54. The van der Waals surface area contributed by atoms with E-state index in [1.54, 1.807) is 24.4 Å². The molecule has 5 rings (SSSR count). The molecular formula is C24H27N5O4. The first-order valence-electron chi connectivity index (χ1n) is 11.1. The monoisotopic (exact) mass is 449 g/mol. The van der Waals surface area contributed by atoms with Crippen molar-refractivity contribution in [3.63, 3.8) is 0 Å². The van der Waals surface area contributed by atoms with Crippen LogP contribution in [-0.2, 0) is 0 Å². The van der Waals surface area contributed by atoms with Gasteiger partial charge in [-0.05, 0) is 38.1 Å².